The largest absolute Gasteiger partial charge is 0.338 e. The summed E-state index contributed by atoms with van der Waals surface area (Å²) < 4.78 is 0. The summed E-state index contributed by atoms with van der Waals surface area (Å²) in [5.74, 6) is -0.333. The first kappa shape index (κ1) is 14.7. The van der Waals surface area contributed by atoms with E-state index in [1.807, 2.05) is 0 Å². The molecule has 0 atom stereocenters. The van der Waals surface area contributed by atoms with Crippen LogP contribution in [0.1, 0.15) is 23.2 Å². The third-order valence-electron chi connectivity index (χ3n) is 3.56. The minimum absolute atomic E-state index is 0.0837. The van der Waals surface area contributed by atoms with Gasteiger partial charge in [-0.15, -0.1) is 0 Å². The van der Waals surface area contributed by atoms with Gasteiger partial charge in [-0.25, -0.2) is 0 Å². The van der Waals surface area contributed by atoms with Crippen molar-refractivity contribution in [2.45, 2.75) is 18.9 Å². The first-order chi connectivity index (χ1) is 9.50. The van der Waals surface area contributed by atoms with Gasteiger partial charge in [-0.3, -0.25) is 14.9 Å². The molecule has 0 aromatic heterocycles. The Morgan fingerprint density at radius 1 is 1.45 bits per heavy atom. The van der Waals surface area contributed by atoms with Crippen LogP contribution in [0.5, 0.6) is 0 Å². The van der Waals surface area contributed by atoms with Crippen molar-refractivity contribution in [3.05, 3.63) is 38.9 Å². The van der Waals surface area contributed by atoms with E-state index < -0.39 is 4.92 Å². The molecule has 1 aliphatic heterocycles. The Labute approximate surface area is 121 Å². The SMILES string of the molecule is CN(C(=O)c1ccc(Cl)cc1[N+](=O)[O-])C1CCNCC1. The van der Waals surface area contributed by atoms with Gasteiger partial charge in [0.25, 0.3) is 11.6 Å². The Kier molecular flexibility index (Phi) is 4.57. The molecule has 1 aromatic rings. The molecule has 1 fully saturated rings. The first-order valence-electron chi connectivity index (χ1n) is 6.42. The van der Waals surface area contributed by atoms with Crippen molar-refractivity contribution in [3.63, 3.8) is 0 Å². The lowest BCUT2D eigenvalue weighted by molar-refractivity contribution is -0.385. The molecule has 6 nitrogen and oxygen atoms in total. The fraction of sp³-hybridized carbons (Fsp3) is 0.462. The highest BCUT2D eigenvalue weighted by molar-refractivity contribution is 6.31. The summed E-state index contributed by atoms with van der Waals surface area (Å²) in [4.78, 5) is 24.5. The number of piperidine rings is 1. The normalized spacial score (nSPS) is 15.9. The number of halogens is 1. The fourth-order valence-electron chi connectivity index (χ4n) is 2.39. The van der Waals surface area contributed by atoms with Crippen LogP contribution in [0.15, 0.2) is 18.2 Å². The standard InChI is InChI=1S/C13H16ClN3O3/c1-16(10-4-6-15-7-5-10)13(18)11-3-2-9(14)8-12(11)17(19)20/h2-3,8,10,15H,4-7H2,1H3. The molecule has 1 aliphatic rings. The fourth-order valence-corrected chi connectivity index (χ4v) is 2.55. The number of nitro benzene ring substituents is 1. The Morgan fingerprint density at radius 2 is 2.10 bits per heavy atom. The number of hydrogen-bond acceptors (Lipinski definition) is 4. The van der Waals surface area contributed by atoms with E-state index in [0.717, 1.165) is 25.9 Å². The molecule has 1 saturated heterocycles. The summed E-state index contributed by atoms with van der Waals surface area (Å²) >= 11 is 5.76. The van der Waals surface area contributed by atoms with Crippen molar-refractivity contribution in [3.8, 4) is 0 Å². The molecule has 0 saturated carbocycles. The number of benzene rings is 1. The second-order valence-electron chi connectivity index (χ2n) is 4.82. The first-order valence-corrected chi connectivity index (χ1v) is 6.80. The highest BCUT2D eigenvalue weighted by atomic mass is 35.5. The average Bonchev–Trinajstić information content (AvgIpc) is 2.46. The van der Waals surface area contributed by atoms with Gasteiger partial charge < -0.3 is 10.2 Å². The summed E-state index contributed by atoms with van der Waals surface area (Å²) in [7, 11) is 1.69. The summed E-state index contributed by atoms with van der Waals surface area (Å²) in [6.45, 7) is 1.70. The van der Waals surface area contributed by atoms with E-state index in [9.17, 15) is 14.9 Å². The smallest absolute Gasteiger partial charge is 0.283 e. The van der Waals surface area contributed by atoms with Gasteiger partial charge in [0.15, 0.2) is 0 Å². The maximum absolute atomic E-state index is 12.4. The number of nitrogens with zero attached hydrogens (tertiary/aromatic N) is 2. The number of hydrogen-bond donors (Lipinski definition) is 1. The highest BCUT2D eigenvalue weighted by Gasteiger charge is 2.28. The van der Waals surface area contributed by atoms with Crippen LogP contribution in [0.4, 0.5) is 5.69 Å². The van der Waals surface area contributed by atoms with Gasteiger partial charge in [0.05, 0.1) is 4.92 Å². The molecule has 1 amide bonds. The number of rotatable bonds is 3. The molecule has 0 radical (unpaired) electrons. The van der Waals surface area contributed by atoms with E-state index in [1.165, 1.54) is 18.2 Å². The van der Waals surface area contributed by atoms with Crippen LogP contribution in [0.3, 0.4) is 0 Å². The average molecular weight is 298 g/mol. The Balaban J connectivity index is 2.26. The maximum Gasteiger partial charge on any atom is 0.283 e. The van der Waals surface area contributed by atoms with Crippen LogP contribution in [0, 0.1) is 10.1 Å². The monoisotopic (exact) mass is 297 g/mol. The van der Waals surface area contributed by atoms with Gasteiger partial charge in [-0.05, 0) is 38.1 Å². The molecule has 2 rings (SSSR count). The third-order valence-corrected chi connectivity index (χ3v) is 3.80. The molecular weight excluding hydrogens is 282 g/mol. The summed E-state index contributed by atoms with van der Waals surface area (Å²) in [6.07, 6.45) is 1.70. The van der Waals surface area contributed by atoms with Crippen molar-refractivity contribution >= 4 is 23.2 Å². The van der Waals surface area contributed by atoms with Crippen LogP contribution >= 0.6 is 11.6 Å². The third kappa shape index (κ3) is 3.08. The number of amides is 1. The molecule has 0 bridgehead atoms. The zero-order valence-corrected chi connectivity index (χ0v) is 11.9. The molecule has 7 heteroatoms. The summed E-state index contributed by atoms with van der Waals surface area (Å²) in [6, 6.07) is 4.24. The lowest BCUT2D eigenvalue weighted by Gasteiger charge is -2.31. The van der Waals surface area contributed by atoms with Crippen LogP contribution in [0.25, 0.3) is 0 Å². The molecule has 108 valence electrons. The molecule has 0 unspecified atom stereocenters. The molecule has 0 spiro atoms. The van der Waals surface area contributed by atoms with Gasteiger partial charge >= 0.3 is 0 Å². The molecule has 1 heterocycles. The van der Waals surface area contributed by atoms with Crippen molar-refractivity contribution in [2.24, 2.45) is 0 Å². The molecular formula is C13H16ClN3O3. The number of nitrogens with one attached hydrogen (secondary N) is 1. The number of carbonyl (C=O) groups excluding carboxylic acids is 1. The van der Waals surface area contributed by atoms with E-state index in [2.05, 4.69) is 5.32 Å². The molecule has 0 aliphatic carbocycles. The van der Waals surface area contributed by atoms with Gasteiger partial charge in [-0.1, -0.05) is 11.6 Å². The lowest BCUT2D eigenvalue weighted by Crippen LogP contribution is -2.44. The quantitative estimate of drug-likeness (QED) is 0.684. The van der Waals surface area contributed by atoms with E-state index in [1.54, 1.807) is 11.9 Å². The van der Waals surface area contributed by atoms with Crippen LogP contribution in [-0.4, -0.2) is 41.9 Å². The minimum atomic E-state index is -0.574. The van der Waals surface area contributed by atoms with Gasteiger partial charge in [-0.2, -0.15) is 0 Å². The number of carbonyl (C=O) groups is 1. The van der Waals surface area contributed by atoms with E-state index in [-0.39, 0.29) is 28.2 Å². The van der Waals surface area contributed by atoms with E-state index in [4.69, 9.17) is 11.6 Å². The second kappa shape index (κ2) is 6.19. The van der Waals surface area contributed by atoms with Gasteiger partial charge in [0, 0.05) is 24.2 Å². The van der Waals surface area contributed by atoms with Crippen molar-refractivity contribution < 1.29 is 9.72 Å². The van der Waals surface area contributed by atoms with E-state index >= 15 is 0 Å². The molecule has 1 N–H and O–H groups in total. The predicted octanol–water partition coefficient (Wildman–Crippen LogP) is 2.07. The zero-order valence-electron chi connectivity index (χ0n) is 11.1. The Morgan fingerprint density at radius 3 is 2.70 bits per heavy atom. The van der Waals surface area contributed by atoms with Gasteiger partial charge in [0.2, 0.25) is 0 Å². The molecule has 20 heavy (non-hydrogen) atoms. The minimum Gasteiger partial charge on any atom is -0.338 e. The summed E-state index contributed by atoms with van der Waals surface area (Å²) in [5.41, 5.74) is -0.163. The highest BCUT2D eigenvalue weighted by Crippen LogP contribution is 2.25. The Hall–Kier alpha value is -1.66. The van der Waals surface area contributed by atoms with Crippen LogP contribution in [-0.2, 0) is 0 Å². The van der Waals surface area contributed by atoms with Crippen molar-refractivity contribution in [1.29, 1.82) is 0 Å². The second-order valence-corrected chi connectivity index (χ2v) is 5.25. The van der Waals surface area contributed by atoms with Crippen LogP contribution in [0.2, 0.25) is 5.02 Å². The van der Waals surface area contributed by atoms with E-state index in [0.29, 0.717) is 0 Å². The lowest BCUT2D eigenvalue weighted by atomic mass is 10.0. The zero-order chi connectivity index (χ0) is 14.7. The predicted molar refractivity (Wildman–Crippen MR) is 76.1 cm³/mol. The summed E-state index contributed by atoms with van der Waals surface area (Å²) in [5, 5.41) is 14.5. The van der Waals surface area contributed by atoms with Crippen molar-refractivity contribution in [1.82, 2.24) is 10.2 Å². The maximum atomic E-state index is 12.4. The van der Waals surface area contributed by atoms with Gasteiger partial charge in [0.1, 0.15) is 5.56 Å². The number of nitro groups is 1. The topological polar surface area (TPSA) is 75.5 Å². The molecule has 1 aromatic carbocycles. The Bertz CT molecular complexity index is 530. The van der Waals surface area contributed by atoms with Crippen LogP contribution < -0.4 is 5.32 Å². The van der Waals surface area contributed by atoms with Crippen molar-refractivity contribution in [2.75, 3.05) is 20.1 Å².